The Kier molecular flexibility index (Phi) is 2.87. The average Bonchev–Trinajstić information content (AvgIpc) is 2.73. The number of nitrogens with zero attached hydrogens (tertiary/aromatic N) is 2. The zero-order chi connectivity index (χ0) is 13.4. The summed E-state index contributed by atoms with van der Waals surface area (Å²) in [5, 5.41) is 0. The summed E-state index contributed by atoms with van der Waals surface area (Å²) in [4.78, 5) is 7.02. The first-order chi connectivity index (χ1) is 9.16. The molecule has 0 unspecified atom stereocenters. The highest BCUT2D eigenvalue weighted by atomic mass is 32.1. The second kappa shape index (κ2) is 4.55. The number of imidazole rings is 1. The van der Waals surface area contributed by atoms with E-state index in [-0.39, 0.29) is 5.52 Å². The van der Waals surface area contributed by atoms with Gasteiger partial charge in [-0.25, -0.2) is 8.78 Å². The minimum atomic E-state index is -0.902. The van der Waals surface area contributed by atoms with E-state index < -0.39 is 11.6 Å². The second-order valence-corrected chi connectivity index (χ2v) is 4.48. The van der Waals surface area contributed by atoms with Gasteiger partial charge in [-0.15, -0.1) is 0 Å². The van der Waals surface area contributed by atoms with E-state index in [0.717, 1.165) is 11.8 Å². The Bertz CT molecular complexity index is 793. The second-order valence-electron chi connectivity index (χ2n) is 4.09. The number of aromatic amines is 1. The molecule has 0 bridgehead atoms. The van der Waals surface area contributed by atoms with Crippen LogP contribution in [0.1, 0.15) is 5.69 Å². The zero-order valence-electron chi connectivity index (χ0n) is 9.73. The molecule has 0 spiro atoms. The van der Waals surface area contributed by atoms with Gasteiger partial charge in [0.2, 0.25) is 0 Å². The molecule has 3 aromatic rings. The van der Waals surface area contributed by atoms with Crippen molar-refractivity contribution in [2.75, 3.05) is 0 Å². The number of halogens is 2. The highest BCUT2D eigenvalue weighted by molar-refractivity contribution is 7.71. The highest BCUT2D eigenvalue weighted by Crippen LogP contribution is 2.21. The van der Waals surface area contributed by atoms with Crippen LogP contribution in [0.3, 0.4) is 0 Å². The standard InChI is InChI=1S/C13H9F2N3S/c14-9-4-5-10-12(11(9)15)18(13(19)17-10)7-8-3-1-2-6-16-8/h1-6H,7H2,(H,17,19). The average molecular weight is 277 g/mol. The number of pyridine rings is 1. The fraction of sp³-hybridized carbons (Fsp3) is 0.0769. The molecular formula is C13H9F2N3S. The summed E-state index contributed by atoms with van der Waals surface area (Å²) in [6.07, 6.45) is 1.64. The van der Waals surface area contributed by atoms with Crippen LogP contribution < -0.4 is 0 Å². The quantitative estimate of drug-likeness (QED) is 0.728. The van der Waals surface area contributed by atoms with E-state index in [1.807, 2.05) is 6.07 Å². The molecule has 6 heteroatoms. The Morgan fingerprint density at radius 1 is 1.21 bits per heavy atom. The normalized spacial score (nSPS) is 11.1. The van der Waals surface area contributed by atoms with Gasteiger partial charge in [0, 0.05) is 6.20 Å². The largest absolute Gasteiger partial charge is 0.330 e. The van der Waals surface area contributed by atoms with Crippen molar-refractivity contribution in [1.29, 1.82) is 0 Å². The number of benzene rings is 1. The fourth-order valence-electron chi connectivity index (χ4n) is 1.99. The Morgan fingerprint density at radius 2 is 2.05 bits per heavy atom. The monoisotopic (exact) mass is 277 g/mol. The third kappa shape index (κ3) is 2.04. The minimum Gasteiger partial charge on any atom is -0.330 e. The number of nitrogens with one attached hydrogen (secondary N) is 1. The van der Waals surface area contributed by atoms with E-state index in [1.165, 1.54) is 10.6 Å². The van der Waals surface area contributed by atoms with E-state index in [2.05, 4.69) is 9.97 Å². The molecule has 0 aliphatic heterocycles. The molecule has 1 aromatic carbocycles. The van der Waals surface area contributed by atoms with Crippen molar-refractivity contribution in [2.45, 2.75) is 6.54 Å². The summed E-state index contributed by atoms with van der Waals surface area (Å²) in [7, 11) is 0. The summed E-state index contributed by atoms with van der Waals surface area (Å²) in [6.45, 7) is 0.292. The molecule has 1 N–H and O–H groups in total. The first-order valence-electron chi connectivity index (χ1n) is 5.63. The third-order valence-electron chi connectivity index (χ3n) is 2.87. The van der Waals surface area contributed by atoms with Gasteiger partial charge in [-0.3, -0.25) is 4.98 Å². The lowest BCUT2D eigenvalue weighted by Gasteiger charge is -2.05. The van der Waals surface area contributed by atoms with Gasteiger partial charge in [-0.05, 0) is 36.5 Å². The Balaban J connectivity index is 2.21. The van der Waals surface area contributed by atoms with Crippen molar-refractivity contribution in [2.24, 2.45) is 0 Å². The zero-order valence-corrected chi connectivity index (χ0v) is 10.5. The molecule has 2 aromatic heterocycles. The van der Waals surface area contributed by atoms with Gasteiger partial charge < -0.3 is 9.55 Å². The van der Waals surface area contributed by atoms with Crippen LogP contribution in [0, 0.1) is 16.4 Å². The Hall–Kier alpha value is -2.08. The van der Waals surface area contributed by atoms with E-state index >= 15 is 0 Å². The lowest BCUT2D eigenvalue weighted by molar-refractivity contribution is 0.512. The van der Waals surface area contributed by atoms with Crippen LogP contribution in [-0.4, -0.2) is 14.5 Å². The lowest BCUT2D eigenvalue weighted by Crippen LogP contribution is -2.03. The summed E-state index contributed by atoms with van der Waals surface area (Å²) >= 11 is 5.15. The van der Waals surface area contributed by atoms with Gasteiger partial charge in [0.1, 0.15) is 5.52 Å². The molecule has 0 aliphatic carbocycles. The minimum absolute atomic E-state index is 0.135. The van der Waals surface area contributed by atoms with Crippen molar-refractivity contribution in [3.8, 4) is 0 Å². The van der Waals surface area contributed by atoms with Crippen LogP contribution in [0.2, 0.25) is 0 Å². The molecule has 0 saturated carbocycles. The Morgan fingerprint density at radius 3 is 2.79 bits per heavy atom. The van der Waals surface area contributed by atoms with Crippen LogP contribution in [0.5, 0.6) is 0 Å². The number of fused-ring (bicyclic) bond motifs is 1. The number of hydrogen-bond donors (Lipinski definition) is 1. The topological polar surface area (TPSA) is 33.6 Å². The summed E-state index contributed by atoms with van der Waals surface area (Å²) < 4.78 is 29.1. The molecule has 19 heavy (non-hydrogen) atoms. The SMILES string of the molecule is Fc1ccc2[nH]c(=S)n(Cc3ccccn3)c2c1F. The molecule has 0 radical (unpaired) electrons. The van der Waals surface area contributed by atoms with Crippen molar-refractivity contribution in [1.82, 2.24) is 14.5 Å². The predicted molar refractivity (Wildman–Crippen MR) is 70.4 cm³/mol. The van der Waals surface area contributed by atoms with Crippen LogP contribution in [0.15, 0.2) is 36.5 Å². The van der Waals surface area contributed by atoms with Gasteiger partial charge in [0.05, 0.1) is 17.8 Å². The lowest BCUT2D eigenvalue weighted by atomic mass is 10.3. The molecule has 0 atom stereocenters. The van der Waals surface area contributed by atoms with Gasteiger partial charge in [-0.1, -0.05) is 6.07 Å². The molecule has 0 saturated heterocycles. The third-order valence-corrected chi connectivity index (χ3v) is 3.19. The number of hydrogen-bond acceptors (Lipinski definition) is 2. The number of H-pyrrole nitrogens is 1. The summed E-state index contributed by atoms with van der Waals surface area (Å²) in [5.74, 6) is -1.79. The summed E-state index contributed by atoms with van der Waals surface area (Å²) in [6, 6.07) is 7.97. The van der Waals surface area contributed by atoms with Gasteiger partial charge in [-0.2, -0.15) is 0 Å². The van der Waals surface area contributed by atoms with Gasteiger partial charge >= 0.3 is 0 Å². The maximum absolute atomic E-state index is 13.9. The van der Waals surface area contributed by atoms with E-state index in [4.69, 9.17) is 12.2 Å². The maximum Gasteiger partial charge on any atom is 0.184 e. The van der Waals surface area contributed by atoms with Crippen molar-refractivity contribution >= 4 is 23.3 Å². The Labute approximate surface area is 112 Å². The van der Waals surface area contributed by atoms with E-state index in [0.29, 0.717) is 16.8 Å². The van der Waals surface area contributed by atoms with Gasteiger partial charge in [0.25, 0.3) is 0 Å². The predicted octanol–water partition coefficient (Wildman–Crippen LogP) is 3.42. The number of aromatic nitrogens is 3. The van der Waals surface area contributed by atoms with Gasteiger partial charge in [0.15, 0.2) is 16.4 Å². The van der Waals surface area contributed by atoms with Crippen molar-refractivity contribution < 1.29 is 8.78 Å². The van der Waals surface area contributed by atoms with Crippen LogP contribution in [0.25, 0.3) is 11.0 Å². The van der Waals surface area contributed by atoms with Crippen molar-refractivity contribution in [3.05, 3.63) is 58.6 Å². The fourth-order valence-corrected chi connectivity index (χ4v) is 2.26. The van der Waals surface area contributed by atoms with Crippen LogP contribution in [-0.2, 0) is 6.54 Å². The number of rotatable bonds is 2. The molecule has 3 rings (SSSR count). The molecule has 0 fully saturated rings. The summed E-state index contributed by atoms with van der Waals surface area (Å²) in [5.41, 5.74) is 1.33. The molecule has 0 amide bonds. The van der Waals surface area contributed by atoms with Crippen molar-refractivity contribution in [3.63, 3.8) is 0 Å². The van der Waals surface area contributed by atoms with E-state index in [9.17, 15) is 8.78 Å². The molecular weight excluding hydrogens is 268 g/mol. The van der Waals surface area contributed by atoms with E-state index in [1.54, 1.807) is 18.3 Å². The first-order valence-corrected chi connectivity index (χ1v) is 6.04. The van der Waals surface area contributed by atoms with Crippen LogP contribution in [0.4, 0.5) is 8.78 Å². The maximum atomic E-state index is 13.9. The molecule has 0 aliphatic rings. The highest BCUT2D eigenvalue weighted by Gasteiger charge is 2.14. The first kappa shape index (κ1) is 12.0. The smallest absolute Gasteiger partial charge is 0.184 e. The molecule has 2 heterocycles. The molecule has 96 valence electrons. The van der Waals surface area contributed by atoms with Crippen LogP contribution >= 0.6 is 12.2 Å². The molecule has 3 nitrogen and oxygen atoms in total.